The second-order valence-corrected chi connectivity index (χ2v) is 13.2. The second kappa shape index (κ2) is 14.1. The standard InChI is InChI=1S/C37H40F2N10O3/c1-4-27(5-2)49-36(51)48(24-43-49)29-9-7-28(8-10-29)44-14-16-45(17-15-44)30-11-13-34-31(19-30)35(50)47(23-41-34)25(3)37(52,20-46-22-40-21-42-46)32-12-6-26(38)18-33(32)39/h6-13,18-19,21-25,27,52H,4-5,14-17,20H2,1-3H3/t25-,37-/m1/s1. The van der Waals surface area contributed by atoms with E-state index in [0.717, 1.165) is 49.1 Å². The topological polar surface area (TPSA) is 132 Å². The molecule has 0 spiro atoms. The number of hydrogen-bond acceptors (Lipinski definition) is 9. The first kappa shape index (κ1) is 34.7. The number of benzene rings is 3. The molecule has 0 saturated carbocycles. The Labute approximate surface area is 298 Å². The van der Waals surface area contributed by atoms with Crippen molar-refractivity contribution >= 4 is 22.3 Å². The highest BCUT2D eigenvalue weighted by Crippen LogP contribution is 2.36. The zero-order valence-corrected chi connectivity index (χ0v) is 29.2. The van der Waals surface area contributed by atoms with Crippen LogP contribution < -0.4 is 21.0 Å². The number of aliphatic hydroxyl groups is 1. The largest absolute Gasteiger partial charge is 0.381 e. The van der Waals surface area contributed by atoms with Gasteiger partial charge in [0.1, 0.15) is 36.2 Å². The lowest BCUT2D eigenvalue weighted by atomic mass is 9.86. The van der Waals surface area contributed by atoms with E-state index in [0.29, 0.717) is 30.1 Å². The molecule has 0 unspecified atom stereocenters. The monoisotopic (exact) mass is 710 g/mol. The Balaban J connectivity index is 1.10. The number of fused-ring (bicyclic) bond motifs is 1. The zero-order valence-electron chi connectivity index (χ0n) is 29.2. The number of piperazine rings is 1. The Morgan fingerprint density at radius 3 is 2.15 bits per heavy atom. The number of hydrogen-bond donors (Lipinski definition) is 1. The van der Waals surface area contributed by atoms with Crippen LogP contribution in [0.15, 0.2) is 95.6 Å². The Kier molecular flexibility index (Phi) is 9.44. The molecule has 3 aromatic carbocycles. The molecule has 13 nitrogen and oxygen atoms in total. The maximum Gasteiger partial charge on any atom is 0.350 e. The van der Waals surface area contributed by atoms with Crippen molar-refractivity contribution in [3.63, 3.8) is 0 Å². The second-order valence-electron chi connectivity index (χ2n) is 13.2. The lowest BCUT2D eigenvalue weighted by molar-refractivity contribution is -0.0343. The molecule has 3 aromatic heterocycles. The van der Waals surface area contributed by atoms with Gasteiger partial charge in [0, 0.05) is 49.2 Å². The maximum absolute atomic E-state index is 15.2. The predicted molar refractivity (Wildman–Crippen MR) is 193 cm³/mol. The summed E-state index contributed by atoms with van der Waals surface area (Å²) < 4.78 is 34.8. The van der Waals surface area contributed by atoms with E-state index in [4.69, 9.17) is 0 Å². The van der Waals surface area contributed by atoms with E-state index >= 15 is 4.39 Å². The molecular formula is C37H40F2N10O3. The number of nitrogens with zero attached hydrogens (tertiary/aromatic N) is 10. The fourth-order valence-corrected chi connectivity index (χ4v) is 7.10. The van der Waals surface area contributed by atoms with Crippen molar-refractivity contribution in [2.24, 2.45) is 0 Å². The highest BCUT2D eigenvalue weighted by Gasteiger charge is 2.41. The third kappa shape index (κ3) is 6.36. The third-order valence-electron chi connectivity index (χ3n) is 10.3. The van der Waals surface area contributed by atoms with Gasteiger partial charge >= 0.3 is 5.69 Å². The van der Waals surface area contributed by atoms with E-state index in [-0.39, 0.29) is 23.8 Å². The molecule has 1 N–H and O–H groups in total. The minimum atomic E-state index is -2.03. The number of anilines is 2. The molecule has 1 aliphatic heterocycles. The molecule has 1 fully saturated rings. The van der Waals surface area contributed by atoms with Crippen LogP contribution in [0.4, 0.5) is 20.2 Å². The minimum Gasteiger partial charge on any atom is -0.381 e. The van der Waals surface area contributed by atoms with Gasteiger partial charge in [-0.05, 0) is 68.3 Å². The summed E-state index contributed by atoms with van der Waals surface area (Å²) in [6, 6.07) is 15.4. The van der Waals surface area contributed by atoms with Gasteiger partial charge in [0.15, 0.2) is 0 Å². The van der Waals surface area contributed by atoms with Crippen LogP contribution in [0.3, 0.4) is 0 Å². The van der Waals surface area contributed by atoms with Gasteiger partial charge < -0.3 is 14.9 Å². The van der Waals surface area contributed by atoms with Gasteiger partial charge in [-0.15, -0.1) is 0 Å². The molecule has 6 aromatic rings. The first-order valence-corrected chi connectivity index (χ1v) is 17.4. The lowest BCUT2D eigenvalue weighted by Gasteiger charge is -2.37. The quantitative estimate of drug-likeness (QED) is 0.207. The maximum atomic E-state index is 15.2. The number of rotatable bonds is 11. The smallest absolute Gasteiger partial charge is 0.350 e. The molecule has 4 heterocycles. The first-order chi connectivity index (χ1) is 25.1. The van der Waals surface area contributed by atoms with Crippen molar-refractivity contribution in [3.05, 3.63) is 124 Å². The lowest BCUT2D eigenvalue weighted by Crippen LogP contribution is -2.46. The van der Waals surface area contributed by atoms with Crippen LogP contribution in [0.1, 0.15) is 51.3 Å². The van der Waals surface area contributed by atoms with Crippen LogP contribution in [0, 0.1) is 11.6 Å². The molecule has 0 bridgehead atoms. The fraction of sp³-hybridized carbons (Fsp3) is 0.351. The molecule has 52 heavy (non-hydrogen) atoms. The molecule has 15 heteroatoms. The Morgan fingerprint density at radius 1 is 0.827 bits per heavy atom. The summed E-state index contributed by atoms with van der Waals surface area (Å²) in [4.78, 5) is 39.9. The fourth-order valence-electron chi connectivity index (χ4n) is 7.10. The average molecular weight is 711 g/mol. The highest BCUT2D eigenvalue weighted by molar-refractivity contribution is 5.81. The molecule has 1 aliphatic rings. The van der Waals surface area contributed by atoms with Gasteiger partial charge in [0.25, 0.3) is 5.56 Å². The van der Waals surface area contributed by atoms with Crippen LogP contribution >= 0.6 is 0 Å². The van der Waals surface area contributed by atoms with E-state index in [2.05, 4.69) is 43.8 Å². The van der Waals surface area contributed by atoms with Crippen LogP contribution in [0.5, 0.6) is 0 Å². The summed E-state index contributed by atoms with van der Waals surface area (Å²) in [5.74, 6) is -1.74. The van der Waals surface area contributed by atoms with Gasteiger partial charge in [-0.2, -0.15) is 10.2 Å². The molecule has 0 amide bonds. The van der Waals surface area contributed by atoms with E-state index in [9.17, 15) is 19.1 Å². The van der Waals surface area contributed by atoms with Gasteiger partial charge in [0.05, 0.1) is 41.5 Å². The van der Waals surface area contributed by atoms with Gasteiger partial charge in [0.2, 0.25) is 0 Å². The van der Waals surface area contributed by atoms with Crippen LogP contribution in [-0.4, -0.2) is 69.9 Å². The van der Waals surface area contributed by atoms with Gasteiger partial charge in [-0.1, -0.05) is 19.9 Å². The van der Waals surface area contributed by atoms with E-state index in [1.165, 1.54) is 34.3 Å². The summed E-state index contributed by atoms with van der Waals surface area (Å²) in [6.07, 6.45) is 7.24. The minimum absolute atomic E-state index is 0.0719. The summed E-state index contributed by atoms with van der Waals surface area (Å²) in [5, 5.41) is 20.8. The van der Waals surface area contributed by atoms with E-state index in [1.54, 1.807) is 34.6 Å². The first-order valence-electron chi connectivity index (χ1n) is 17.4. The van der Waals surface area contributed by atoms with Crippen molar-refractivity contribution in [1.29, 1.82) is 0 Å². The van der Waals surface area contributed by atoms with Gasteiger partial charge in [-0.25, -0.2) is 37.5 Å². The van der Waals surface area contributed by atoms with Crippen LogP contribution in [0.2, 0.25) is 0 Å². The van der Waals surface area contributed by atoms with Crippen molar-refractivity contribution in [3.8, 4) is 5.69 Å². The number of halogens is 2. The van der Waals surface area contributed by atoms with Gasteiger partial charge in [-0.3, -0.25) is 9.36 Å². The van der Waals surface area contributed by atoms with E-state index < -0.39 is 28.8 Å². The molecule has 1 saturated heterocycles. The molecule has 270 valence electrons. The Morgan fingerprint density at radius 2 is 1.50 bits per heavy atom. The Hall–Kier alpha value is -5.70. The summed E-state index contributed by atoms with van der Waals surface area (Å²) in [5.41, 5.74) is 0.354. The molecule has 7 rings (SSSR count). The predicted octanol–water partition coefficient (Wildman–Crippen LogP) is 4.45. The third-order valence-corrected chi connectivity index (χ3v) is 10.3. The summed E-state index contributed by atoms with van der Waals surface area (Å²) in [6.45, 7) is 8.29. The van der Waals surface area contributed by atoms with Crippen molar-refractivity contribution in [2.75, 3.05) is 36.0 Å². The normalized spacial score (nSPS) is 15.4. The van der Waals surface area contributed by atoms with Crippen molar-refractivity contribution < 1.29 is 13.9 Å². The molecular weight excluding hydrogens is 670 g/mol. The van der Waals surface area contributed by atoms with Crippen LogP contribution in [0.25, 0.3) is 16.6 Å². The number of aromatic nitrogens is 8. The Bertz CT molecular complexity index is 2290. The highest BCUT2D eigenvalue weighted by atomic mass is 19.1. The summed E-state index contributed by atoms with van der Waals surface area (Å²) in [7, 11) is 0. The zero-order chi connectivity index (χ0) is 36.6. The summed E-state index contributed by atoms with van der Waals surface area (Å²) >= 11 is 0. The van der Waals surface area contributed by atoms with Crippen molar-refractivity contribution in [2.45, 2.75) is 57.8 Å². The van der Waals surface area contributed by atoms with E-state index in [1.807, 2.05) is 30.3 Å². The molecule has 0 aliphatic carbocycles. The molecule has 0 radical (unpaired) electrons. The molecule has 2 atom stereocenters. The SMILES string of the molecule is CCC(CC)n1ncn(-c2ccc(N3CCN(c4ccc5ncn([C@H](C)[C@](O)(Cn6cncn6)c6ccc(F)cc6F)c(=O)c5c4)CC3)cc2)c1=O. The average Bonchev–Trinajstić information content (AvgIpc) is 3.81. The van der Waals surface area contributed by atoms with Crippen LogP contribution in [-0.2, 0) is 12.1 Å². The van der Waals surface area contributed by atoms with Crippen molar-refractivity contribution in [1.82, 2.24) is 38.7 Å².